The lowest BCUT2D eigenvalue weighted by Crippen LogP contribution is -2.30. The average Bonchev–Trinajstić information content (AvgIpc) is 3.33. The Morgan fingerprint density at radius 1 is 0.509 bits per heavy atom. The van der Waals surface area contributed by atoms with Gasteiger partial charge in [-0.25, -0.2) is 8.42 Å². The minimum Gasteiger partial charge on any atom is -0.289 e. The second-order valence-electron chi connectivity index (χ2n) is 17.8. The van der Waals surface area contributed by atoms with Gasteiger partial charge in [0, 0.05) is 11.1 Å². The lowest BCUT2D eigenvalue weighted by atomic mass is 9.71. The minimum atomic E-state index is -3.83. The molecule has 4 nitrogen and oxygen atoms in total. The first kappa shape index (κ1) is 38.4. The Bertz CT molecular complexity index is 2190. The fourth-order valence-electron chi connectivity index (χ4n) is 9.13. The maximum atomic E-state index is 13.9. The van der Waals surface area contributed by atoms with Crippen molar-refractivity contribution in [1.82, 2.24) is 0 Å². The molecule has 2 atom stereocenters. The summed E-state index contributed by atoms with van der Waals surface area (Å²) in [5.41, 5.74) is 9.03. The lowest BCUT2D eigenvalue weighted by Gasteiger charge is -2.32. The summed E-state index contributed by atoms with van der Waals surface area (Å²) in [5.74, 6) is 0.696. The van der Waals surface area contributed by atoms with Crippen LogP contribution in [-0.4, -0.2) is 20.0 Å². The molecule has 0 spiro atoms. The molecular weight excluding hydrogens is 673 g/mol. The predicted molar refractivity (Wildman–Crippen MR) is 218 cm³/mol. The van der Waals surface area contributed by atoms with E-state index in [0.29, 0.717) is 34.1 Å². The Labute approximate surface area is 317 Å². The van der Waals surface area contributed by atoms with Crippen molar-refractivity contribution in [2.24, 2.45) is 11.8 Å². The zero-order valence-corrected chi connectivity index (χ0v) is 34.3. The van der Waals surface area contributed by atoms with E-state index in [1.165, 1.54) is 22.3 Å². The van der Waals surface area contributed by atoms with Gasteiger partial charge in [0.25, 0.3) is 0 Å². The molecule has 0 aromatic heterocycles. The molecule has 2 aliphatic carbocycles. The van der Waals surface area contributed by atoms with Gasteiger partial charge in [-0.05, 0) is 128 Å². The Hall–Kier alpha value is -4.35. The van der Waals surface area contributed by atoms with Crippen molar-refractivity contribution in [1.29, 1.82) is 0 Å². The van der Waals surface area contributed by atoms with Crippen LogP contribution in [0.1, 0.15) is 134 Å². The maximum absolute atomic E-state index is 13.9. The summed E-state index contributed by atoms with van der Waals surface area (Å²) in [6, 6.07) is 22.4. The normalized spacial score (nSPS) is 20.8. The molecule has 0 aliphatic heterocycles. The number of rotatable bonds is 8. The van der Waals surface area contributed by atoms with Crippen molar-refractivity contribution in [2.45, 2.75) is 115 Å². The van der Waals surface area contributed by atoms with Gasteiger partial charge in [0.2, 0.25) is 9.84 Å². The summed E-state index contributed by atoms with van der Waals surface area (Å²) in [5, 5.41) is 0. The molecule has 0 saturated heterocycles. The Morgan fingerprint density at radius 3 is 1.19 bits per heavy atom. The number of ketones is 2. The van der Waals surface area contributed by atoms with Crippen LogP contribution in [0, 0.1) is 25.7 Å². The van der Waals surface area contributed by atoms with Gasteiger partial charge in [-0.1, -0.05) is 130 Å². The van der Waals surface area contributed by atoms with Crippen LogP contribution in [0.25, 0.3) is 12.2 Å². The van der Waals surface area contributed by atoms with Crippen LogP contribution in [0.4, 0.5) is 0 Å². The van der Waals surface area contributed by atoms with E-state index in [9.17, 15) is 18.0 Å². The molecule has 2 unspecified atom stereocenters. The lowest BCUT2D eigenvalue weighted by molar-refractivity contribution is 0.103. The summed E-state index contributed by atoms with van der Waals surface area (Å²) >= 11 is 0. The van der Waals surface area contributed by atoms with Gasteiger partial charge >= 0.3 is 0 Å². The van der Waals surface area contributed by atoms with E-state index < -0.39 is 9.84 Å². The SMILES string of the molecule is Cc1cc(C=CC(=O)c2ccc3c(c2)C(C)(C)C(C)C3(C)C)ccc1S(=O)(=O)c1ccc(C=CC(=O)c2ccc3c(c2)C(C)(C)C(C)C3(C)C)cc1C. The van der Waals surface area contributed by atoms with Crippen LogP contribution >= 0.6 is 0 Å². The van der Waals surface area contributed by atoms with Crippen molar-refractivity contribution >= 4 is 33.6 Å². The number of allylic oxidation sites excluding steroid dienone is 2. The number of sulfone groups is 1. The van der Waals surface area contributed by atoms with Gasteiger partial charge in [0.15, 0.2) is 11.6 Å². The third-order valence-electron chi connectivity index (χ3n) is 13.5. The van der Waals surface area contributed by atoms with Crippen LogP contribution < -0.4 is 0 Å². The molecule has 4 aromatic carbocycles. The smallest absolute Gasteiger partial charge is 0.207 e. The highest BCUT2D eigenvalue weighted by molar-refractivity contribution is 7.91. The summed E-state index contributed by atoms with van der Waals surface area (Å²) in [6.07, 6.45) is 6.62. The van der Waals surface area contributed by atoms with Crippen LogP contribution in [0.15, 0.2) is 94.7 Å². The number of fused-ring (bicyclic) bond motifs is 2. The van der Waals surface area contributed by atoms with Crippen molar-refractivity contribution in [2.75, 3.05) is 0 Å². The Kier molecular flexibility index (Phi) is 9.34. The summed E-state index contributed by atoms with van der Waals surface area (Å²) in [4.78, 5) is 27.0. The second-order valence-corrected chi connectivity index (χ2v) is 19.7. The van der Waals surface area contributed by atoms with Gasteiger partial charge in [0.1, 0.15) is 0 Å². The van der Waals surface area contributed by atoms with E-state index in [1.54, 1.807) is 74.5 Å². The molecule has 4 aromatic rings. The zero-order valence-electron chi connectivity index (χ0n) is 33.4. The third-order valence-corrected chi connectivity index (χ3v) is 15.6. The fourth-order valence-corrected chi connectivity index (χ4v) is 10.8. The maximum Gasteiger partial charge on any atom is 0.207 e. The highest BCUT2D eigenvalue weighted by Gasteiger charge is 2.49. The average molecular weight is 727 g/mol. The number of carbonyl (C=O) groups excluding carboxylic acids is 2. The van der Waals surface area contributed by atoms with E-state index in [0.717, 1.165) is 11.1 Å². The molecule has 0 bridgehead atoms. The topological polar surface area (TPSA) is 68.3 Å². The molecule has 0 radical (unpaired) electrons. The quantitative estimate of drug-likeness (QED) is 0.134. The molecule has 0 saturated carbocycles. The van der Waals surface area contributed by atoms with Gasteiger partial charge in [-0.15, -0.1) is 0 Å². The predicted octanol–water partition coefficient (Wildman–Crippen LogP) is 11.3. The van der Waals surface area contributed by atoms with E-state index in [4.69, 9.17) is 0 Å². The van der Waals surface area contributed by atoms with Gasteiger partial charge in [-0.2, -0.15) is 0 Å². The third kappa shape index (κ3) is 6.29. The molecular formula is C48H54O4S. The first-order valence-electron chi connectivity index (χ1n) is 18.7. The summed E-state index contributed by atoms with van der Waals surface area (Å²) in [6.45, 7) is 26.2. The summed E-state index contributed by atoms with van der Waals surface area (Å²) in [7, 11) is -3.83. The van der Waals surface area contributed by atoms with Gasteiger partial charge < -0.3 is 0 Å². The highest BCUT2D eigenvalue weighted by Crippen LogP contribution is 2.54. The largest absolute Gasteiger partial charge is 0.289 e. The van der Waals surface area contributed by atoms with Crippen LogP contribution in [-0.2, 0) is 31.5 Å². The van der Waals surface area contributed by atoms with Gasteiger partial charge in [0.05, 0.1) is 9.79 Å². The molecule has 276 valence electrons. The molecule has 2 aliphatic rings. The molecule has 6 rings (SSSR count). The van der Waals surface area contributed by atoms with E-state index >= 15 is 0 Å². The van der Waals surface area contributed by atoms with Crippen LogP contribution in [0.5, 0.6) is 0 Å². The number of hydrogen-bond donors (Lipinski definition) is 0. The molecule has 0 amide bonds. The van der Waals surface area contributed by atoms with Gasteiger partial charge in [-0.3, -0.25) is 9.59 Å². The first-order chi connectivity index (χ1) is 24.5. The monoisotopic (exact) mass is 726 g/mol. The molecule has 0 fully saturated rings. The molecule has 0 heterocycles. The molecule has 5 heteroatoms. The van der Waals surface area contributed by atoms with E-state index in [1.807, 2.05) is 24.3 Å². The minimum absolute atomic E-state index is 0.0335. The number of aryl methyl sites for hydroxylation is 2. The van der Waals surface area contributed by atoms with Crippen molar-refractivity contribution < 1.29 is 18.0 Å². The Balaban J connectivity index is 1.17. The number of hydrogen-bond acceptors (Lipinski definition) is 4. The van der Waals surface area contributed by atoms with Crippen molar-refractivity contribution in [3.8, 4) is 0 Å². The number of carbonyl (C=O) groups is 2. The second kappa shape index (κ2) is 12.9. The Morgan fingerprint density at radius 2 is 0.849 bits per heavy atom. The molecule has 0 N–H and O–H groups in total. The van der Waals surface area contributed by atoms with Crippen LogP contribution in [0.3, 0.4) is 0 Å². The first-order valence-corrected chi connectivity index (χ1v) is 20.2. The standard InChI is InChI=1S/C48H54O4S/c1-29-25-33(13-21-41(49)35-17-19-37-39(27-35)47(9,10)31(3)45(37,5)6)15-23-43(29)53(51,52)44-24-16-34(26-30(44)2)14-22-42(50)36-18-20-38-40(28-36)48(11,12)32(4)46(38,7)8/h13-28,31-32H,1-12H3. The number of benzene rings is 4. The fraction of sp³-hybridized carbons (Fsp3) is 0.375. The van der Waals surface area contributed by atoms with Crippen molar-refractivity contribution in [3.05, 3.63) is 141 Å². The molecule has 53 heavy (non-hydrogen) atoms. The van der Waals surface area contributed by atoms with E-state index in [2.05, 4.69) is 81.4 Å². The van der Waals surface area contributed by atoms with Crippen molar-refractivity contribution in [3.63, 3.8) is 0 Å². The zero-order chi connectivity index (χ0) is 39.1. The summed E-state index contributed by atoms with van der Waals surface area (Å²) < 4.78 is 27.8. The van der Waals surface area contributed by atoms with Crippen LogP contribution in [0.2, 0.25) is 0 Å². The van der Waals surface area contributed by atoms with E-state index in [-0.39, 0.29) is 43.0 Å². The highest BCUT2D eigenvalue weighted by atomic mass is 32.2.